The Labute approximate surface area is 139 Å². The third kappa shape index (κ3) is 3.06. The van der Waals surface area contributed by atoms with Gasteiger partial charge in [-0.2, -0.15) is 0 Å². The number of para-hydroxylation sites is 2. The lowest BCUT2D eigenvalue weighted by Gasteiger charge is -2.29. The number of rotatable bonds is 3. The fourth-order valence-electron chi connectivity index (χ4n) is 2.62. The predicted octanol–water partition coefficient (Wildman–Crippen LogP) is 4.35. The molecular weight excluding hydrogens is 321 g/mol. The summed E-state index contributed by atoms with van der Waals surface area (Å²) in [5.74, 6) is 0.257. The van der Waals surface area contributed by atoms with Crippen molar-refractivity contribution in [3.05, 3.63) is 58.1 Å². The molecule has 114 valence electrons. The van der Waals surface area contributed by atoms with Crippen LogP contribution in [0.2, 0.25) is 10.0 Å². The number of aryl methyl sites for hydroxylation is 1. The number of hydrogen-bond acceptors (Lipinski definition) is 2. The van der Waals surface area contributed by atoms with Crippen molar-refractivity contribution in [2.75, 3.05) is 18.1 Å². The molecule has 0 fully saturated rings. The first kappa shape index (κ1) is 15.2. The van der Waals surface area contributed by atoms with Crippen molar-refractivity contribution in [1.29, 1.82) is 0 Å². The summed E-state index contributed by atoms with van der Waals surface area (Å²) in [5.41, 5.74) is 2.16. The van der Waals surface area contributed by atoms with Crippen molar-refractivity contribution in [1.82, 2.24) is 0 Å². The smallest absolute Gasteiger partial charge is 0.264 e. The van der Waals surface area contributed by atoms with E-state index in [1.54, 1.807) is 23.1 Å². The van der Waals surface area contributed by atoms with Gasteiger partial charge in [0.25, 0.3) is 5.91 Å². The number of amides is 1. The van der Waals surface area contributed by atoms with Gasteiger partial charge in [-0.3, -0.25) is 4.79 Å². The summed E-state index contributed by atoms with van der Waals surface area (Å²) < 4.78 is 5.54. The van der Waals surface area contributed by atoms with Crippen molar-refractivity contribution in [2.45, 2.75) is 12.8 Å². The molecule has 5 heteroatoms. The highest BCUT2D eigenvalue weighted by Gasteiger charge is 2.22. The van der Waals surface area contributed by atoms with E-state index in [0.717, 1.165) is 18.5 Å². The van der Waals surface area contributed by atoms with Gasteiger partial charge in [0, 0.05) is 12.2 Å². The number of anilines is 1. The van der Waals surface area contributed by atoms with Crippen LogP contribution >= 0.6 is 23.2 Å². The van der Waals surface area contributed by atoms with Crippen molar-refractivity contribution in [2.24, 2.45) is 0 Å². The molecule has 0 bridgehead atoms. The summed E-state index contributed by atoms with van der Waals surface area (Å²) in [5, 5.41) is 0.804. The maximum Gasteiger partial charge on any atom is 0.264 e. The number of ether oxygens (including phenoxy) is 1. The maximum absolute atomic E-state index is 12.5. The van der Waals surface area contributed by atoms with Gasteiger partial charge in [0.2, 0.25) is 0 Å². The Balaban J connectivity index is 1.74. The van der Waals surface area contributed by atoms with Crippen LogP contribution in [0.25, 0.3) is 0 Å². The van der Waals surface area contributed by atoms with E-state index in [1.165, 1.54) is 5.56 Å². The molecule has 22 heavy (non-hydrogen) atoms. The Kier molecular flexibility index (Phi) is 4.55. The lowest BCUT2D eigenvalue weighted by molar-refractivity contribution is -0.120. The zero-order chi connectivity index (χ0) is 15.5. The number of hydrogen-bond donors (Lipinski definition) is 0. The number of carbonyl (C=O) groups excluding carboxylic acids is 1. The van der Waals surface area contributed by atoms with E-state index in [1.807, 2.05) is 18.2 Å². The van der Waals surface area contributed by atoms with Gasteiger partial charge in [-0.25, -0.2) is 0 Å². The fraction of sp³-hybridized carbons (Fsp3) is 0.235. The second kappa shape index (κ2) is 6.59. The normalized spacial score (nSPS) is 13.6. The highest BCUT2D eigenvalue weighted by molar-refractivity contribution is 6.37. The molecule has 0 unspecified atom stereocenters. The Hall–Kier alpha value is -1.71. The average molecular weight is 336 g/mol. The van der Waals surface area contributed by atoms with Crippen LogP contribution in [0.15, 0.2) is 42.5 Å². The van der Waals surface area contributed by atoms with Crippen LogP contribution in [0.1, 0.15) is 12.0 Å². The maximum atomic E-state index is 12.5. The molecule has 1 amide bonds. The highest BCUT2D eigenvalue weighted by Crippen LogP contribution is 2.32. The van der Waals surface area contributed by atoms with Gasteiger partial charge < -0.3 is 9.64 Å². The molecule has 1 aliphatic rings. The summed E-state index contributed by atoms with van der Waals surface area (Å²) in [6.07, 6.45) is 1.95. The standard InChI is InChI=1S/C17H15Cl2NO2/c18-13-7-3-8-14(19)17(13)22-11-16(21)20-10-4-6-12-5-1-2-9-15(12)20/h1-3,5,7-9H,4,6,10-11H2. The fourth-order valence-corrected chi connectivity index (χ4v) is 3.13. The summed E-state index contributed by atoms with van der Waals surface area (Å²) in [4.78, 5) is 14.2. The molecule has 2 aromatic rings. The SMILES string of the molecule is O=C(COc1c(Cl)cccc1Cl)N1CCCc2ccccc21. The van der Waals surface area contributed by atoms with Crippen molar-refractivity contribution in [3.8, 4) is 5.75 Å². The molecule has 0 saturated carbocycles. The Bertz CT molecular complexity index is 683. The first-order valence-corrected chi connectivity index (χ1v) is 7.87. The second-order valence-corrected chi connectivity index (χ2v) is 5.93. The Morgan fingerprint density at radius 1 is 1.09 bits per heavy atom. The van der Waals surface area contributed by atoms with Crippen LogP contribution in [-0.4, -0.2) is 19.1 Å². The topological polar surface area (TPSA) is 29.5 Å². The third-order valence-corrected chi connectivity index (χ3v) is 4.27. The van der Waals surface area contributed by atoms with Gasteiger partial charge in [-0.1, -0.05) is 47.5 Å². The van der Waals surface area contributed by atoms with Gasteiger partial charge in [0.15, 0.2) is 12.4 Å². The second-order valence-electron chi connectivity index (χ2n) is 5.12. The molecule has 0 atom stereocenters. The van der Waals surface area contributed by atoms with E-state index in [9.17, 15) is 4.79 Å². The van der Waals surface area contributed by atoms with E-state index < -0.39 is 0 Å². The number of carbonyl (C=O) groups is 1. The molecule has 1 heterocycles. The van der Waals surface area contributed by atoms with E-state index in [-0.39, 0.29) is 12.5 Å². The molecule has 0 spiro atoms. The van der Waals surface area contributed by atoms with Crippen LogP contribution in [0.3, 0.4) is 0 Å². The zero-order valence-corrected chi connectivity index (χ0v) is 13.4. The van der Waals surface area contributed by atoms with Gasteiger partial charge >= 0.3 is 0 Å². The molecular formula is C17H15Cl2NO2. The molecule has 0 aliphatic carbocycles. The lowest BCUT2D eigenvalue weighted by atomic mass is 10.0. The molecule has 1 aliphatic heterocycles. The van der Waals surface area contributed by atoms with Crippen molar-refractivity contribution >= 4 is 34.8 Å². The van der Waals surface area contributed by atoms with Gasteiger partial charge in [-0.05, 0) is 36.6 Å². The first-order chi connectivity index (χ1) is 10.7. The van der Waals surface area contributed by atoms with Gasteiger partial charge in [0.1, 0.15) is 0 Å². The van der Waals surface area contributed by atoms with Crippen LogP contribution in [-0.2, 0) is 11.2 Å². The van der Waals surface area contributed by atoms with Crippen LogP contribution in [0.5, 0.6) is 5.75 Å². The van der Waals surface area contributed by atoms with Crippen LogP contribution in [0, 0.1) is 0 Å². The minimum absolute atomic E-state index is 0.0855. The number of benzene rings is 2. The minimum Gasteiger partial charge on any atom is -0.481 e. The minimum atomic E-state index is -0.0943. The monoisotopic (exact) mass is 335 g/mol. The van der Waals surface area contributed by atoms with Gasteiger partial charge in [-0.15, -0.1) is 0 Å². The number of nitrogens with zero attached hydrogens (tertiary/aromatic N) is 1. The zero-order valence-electron chi connectivity index (χ0n) is 11.9. The molecule has 0 aromatic heterocycles. The first-order valence-electron chi connectivity index (χ1n) is 7.12. The molecule has 3 nitrogen and oxygen atoms in total. The average Bonchev–Trinajstić information content (AvgIpc) is 2.53. The Morgan fingerprint density at radius 2 is 1.82 bits per heavy atom. The summed E-state index contributed by atoms with van der Waals surface area (Å²) in [6.45, 7) is 0.618. The van der Waals surface area contributed by atoms with E-state index in [4.69, 9.17) is 27.9 Å². The number of fused-ring (bicyclic) bond motifs is 1. The molecule has 0 N–H and O–H groups in total. The summed E-state index contributed by atoms with van der Waals surface area (Å²) >= 11 is 12.1. The van der Waals surface area contributed by atoms with Crippen molar-refractivity contribution in [3.63, 3.8) is 0 Å². The number of halogens is 2. The Morgan fingerprint density at radius 3 is 2.59 bits per heavy atom. The van der Waals surface area contributed by atoms with E-state index in [2.05, 4.69) is 6.07 Å². The van der Waals surface area contributed by atoms with Crippen molar-refractivity contribution < 1.29 is 9.53 Å². The quantitative estimate of drug-likeness (QED) is 0.834. The van der Waals surface area contributed by atoms with Crippen LogP contribution < -0.4 is 9.64 Å². The van der Waals surface area contributed by atoms with E-state index in [0.29, 0.717) is 22.3 Å². The largest absolute Gasteiger partial charge is 0.481 e. The molecule has 0 radical (unpaired) electrons. The molecule has 2 aromatic carbocycles. The predicted molar refractivity (Wildman–Crippen MR) is 89.1 cm³/mol. The lowest BCUT2D eigenvalue weighted by Crippen LogP contribution is -2.38. The van der Waals surface area contributed by atoms with Crippen LogP contribution in [0.4, 0.5) is 5.69 Å². The molecule has 3 rings (SSSR count). The van der Waals surface area contributed by atoms with E-state index >= 15 is 0 Å². The molecule has 0 saturated heterocycles. The highest BCUT2D eigenvalue weighted by atomic mass is 35.5. The summed E-state index contributed by atoms with van der Waals surface area (Å²) in [7, 11) is 0. The summed E-state index contributed by atoms with van der Waals surface area (Å²) in [6, 6.07) is 13.1. The van der Waals surface area contributed by atoms with Gasteiger partial charge in [0.05, 0.1) is 10.0 Å². The third-order valence-electron chi connectivity index (χ3n) is 3.67.